The molecule has 0 fully saturated rings. The molecule has 3 aromatic rings. The van der Waals surface area contributed by atoms with E-state index in [1.807, 2.05) is 24.3 Å². The largest absolute Gasteiger partial charge is 0.452 e. The van der Waals surface area contributed by atoms with Gasteiger partial charge in [-0.3, -0.25) is 0 Å². The second kappa shape index (κ2) is 8.59. The summed E-state index contributed by atoms with van der Waals surface area (Å²) in [4.78, 5) is 16.5. The Labute approximate surface area is 158 Å². The van der Waals surface area contributed by atoms with E-state index in [0.29, 0.717) is 23.6 Å². The van der Waals surface area contributed by atoms with Crippen molar-refractivity contribution in [2.24, 2.45) is 0 Å². The molecule has 0 amide bonds. The molecular weight excluding hydrogens is 402 g/mol. The van der Waals surface area contributed by atoms with Crippen LogP contribution >= 0.6 is 15.9 Å². The number of ether oxygens (including phenoxy) is 1. The Hall–Kier alpha value is -2.71. The number of hydrogen-bond donors (Lipinski definition) is 2. The number of carbonyl (C=O) groups is 1. The monoisotopic (exact) mass is 417 g/mol. The number of aliphatic hydroxyl groups excluding tert-OH is 1. The van der Waals surface area contributed by atoms with Gasteiger partial charge in [0.2, 0.25) is 5.82 Å². The lowest BCUT2D eigenvalue weighted by atomic mass is 10.2. The van der Waals surface area contributed by atoms with Crippen LogP contribution < -0.4 is 5.32 Å². The molecule has 0 aliphatic heterocycles. The number of esters is 1. The van der Waals surface area contributed by atoms with E-state index in [4.69, 9.17) is 14.4 Å². The maximum Gasteiger partial charge on any atom is 0.340 e. The summed E-state index contributed by atoms with van der Waals surface area (Å²) in [6, 6.07) is 14.4. The summed E-state index contributed by atoms with van der Waals surface area (Å²) in [7, 11) is 0. The normalized spacial score (nSPS) is 10.5. The van der Waals surface area contributed by atoms with Crippen molar-refractivity contribution in [2.75, 3.05) is 18.5 Å². The average Bonchev–Trinajstić information content (AvgIpc) is 3.14. The van der Waals surface area contributed by atoms with E-state index in [1.165, 1.54) is 0 Å². The highest BCUT2D eigenvalue weighted by atomic mass is 79.9. The Morgan fingerprint density at radius 1 is 1.23 bits per heavy atom. The number of anilines is 1. The molecule has 0 saturated carbocycles. The third kappa shape index (κ3) is 4.47. The first-order chi connectivity index (χ1) is 12.7. The Balaban J connectivity index is 1.66. The second-order valence-corrected chi connectivity index (χ2v) is 6.21. The van der Waals surface area contributed by atoms with Crippen molar-refractivity contribution in [2.45, 2.75) is 6.61 Å². The van der Waals surface area contributed by atoms with Gasteiger partial charge in [0.15, 0.2) is 6.61 Å². The van der Waals surface area contributed by atoms with Gasteiger partial charge in [-0.25, -0.2) is 4.79 Å². The third-order valence-electron chi connectivity index (χ3n) is 3.45. The van der Waals surface area contributed by atoms with Crippen molar-refractivity contribution < 1.29 is 19.2 Å². The van der Waals surface area contributed by atoms with Gasteiger partial charge in [0, 0.05) is 22.3 Å². The smallest absolute Gasteiger partial charge is 0.340 e. The fourth-order valence-electron chi connectivity index (χ4n) is 2.27. The van der Waals surface area contributed by atoms with Gasteiger partial charge in [-0.1, -0.05) is 45.4 Å². The van der Waals surface area contributed by atoms with Gasteiger partial charge in [-0.2, -0.15) is 4.98 Å². The van der Waals surface area contributed by atoms with Crippen molar-refractivity contribution in [1.29, 1.82) is 0 Å². The van der Waals surface area contributed by atoms with Gasteiger partial charge in [0.25, 0.3) is 5.89 Å². The van der Waals surface area contributed by atoms with Crippen LogP contribution in [0.1, 0.15) is 16.2 Å². The molecule has 2 aromatic carbocycles. The van der Waals surface area contributed by atoms with Crippen LogP contribution in [0, 0.1) is 0 Å². The summed E-state index contributed by atoms with van der Waals surface area (Å²) in [5, 5.41) is 15.8. The number of halogens is 1. The molecule has 0 bridgehead atoms. The number of nitrogens with one attached hydrogen (secondary N) is 1. The number of carbonyl (C=O) groups excluding carboxylic acids is 1. The molecule has 2 N–H and O–H groups in total. The Bertz CT molecular complexity index is 897. The van der Waals surface area contributed by atoms with Crippen LogP contribution in [0.4, 0.5) is 5.69 Å². The predicted octanol–water partition coefficient (Wildman–Crippen LogP) is 3.26. The van der Waals surface area contributed by atoms with Crippen molar-refractivity contribution in [3.05, 3.63) is 64.5 Å². The minimum Gasteiger partial charge on any atom is -0.452 e. The van der Waals surface area contributed by atoms with Crippen LogP contribution in [0.2, 0.25) is 0 Å². The molecule has 0 radical (unpaired) electrons. The summed E-state index contributed by atoms with van der Waals surface area (Å²) >= 11 is 3.39. The van der Waals surface area contributed by atoms with Crippen LogP contribution in [-0.2, 0) is 11.3 Å². The fraction of sp³-hybridized carbons (Fsp3) is 0.167. The fourth-order valence-corrected chi connectivity index (χ4v) is 2.67. The number of hydrogen-bond acceptors (Lipinski definition) is 7. The van der Waals surface area contributed by atoms with Gasteiger partial charge in [-0.05, 0) is 24.3 Å². The van der Waals surface area contributed by atoms with E-state index >= 15 is 0 Å². The highest BCUT2D eigenvalue weighted by Crippen LogP contribution is 2.21. The molecule has 0 aliphatic carbocycles. The maximum absolute atomic E-state index is 12.3. The van der Waals surface area contributed by atoms with Crippen molar-refractivity contribution in [1.82, 2.24) is 10.1 Å². The molecule has 1 heterocycles. The summed E-state index contributed by atoms with van der Waals surface area (Å²) in [6.07, 6.45) is 0. The van der Waals surface area contributed by atoms with E-state index in [1.54, 1.807) is 24.3 Å². The average molecular weight is 418 g/mol. The number of para-hydroxylation sites is 1. The lowest BCUT2D eigenvalue weighted by Crippen LogP contribution is -2.12. The molecule has 7 nitrogen and oxygen atoms in total. The second-order valence-electron chi connectivity index (χ2n) is 5.29. The highest BCUT2D eigenvalue weighted by molar-refractivity contribution is 9.10. The number of aromatic nitrogens is 2. The third-order valence-corrected chi connectivity index (χ3v) is 3.95. The van der Waals surface area contributed by atoms with Crippen LogP contribution in [0.25, 0.3) is 11.4 Å². The quantitative estimate of drug-likeness (QED) is 0.569. The molecule has 0 spiro atoms. The van der Waals surface area contributed by atoms with Gasteiger partial charge >= 0.3 is 5.97 Å². The molecule has 1 aromatic heterocycles. The van der Waals surface area contributed by atoms with Crippen LogP contribution in [0.5, 0.6) is 0 Å². The molecule has 0 unspecified atom stereocenters. The highest BCUT2D eigenvalue weighted by Gasteiger charge is 2.15. The van der Waals surface area contributed by atoms with E-state index < -0.39 is 5.97 Å². The SMILES string of the molecule is O=C(OCc1nc(-c2cccc(Br)c2)no1)c1ccccc1NCCO. The van der Waals surface area contributed by atoms with Crippen LogP contribution in [0.3, 0.4) is 0 Å². The van der Waals surface area contributed by atoms with Gasteiger partial charge in [0.05, 0.1) is 12.2 Å². The molecule has 134 valence electrons. The number of aliphatic hydroxyl groups is 1. The predicted molar refractivity (Wildman–Crippen MR) is 98.6 cm³/mol. The van der Waals surface area contributed by atoms with Gasteiger partial charge in [0.1, 0.15) is 0 Å². The van der Waals surface area contributed by atoms with E-state index in [0.717, 1.165) is 10.0 Å². The Morgan fingerprint density at radius 2 is 2.08 bits per heavy atom. The van der Waals surface area contributed by atoms with Crippen molar-refractivity contribution >= 4 is 27.6 Å². The van der Waals surface area contributed by atoms with Crippen LogP contribution in [0.15, 0.2) is 57.5 Å². The zero-order chi connectivity index (χ0) is 18.4. The summed E-state index contributed by atoms with van der Waals surface area (Å²) < 4.78 is 11.3. The Kier molecular flexibility index (Phi) is 5.98. The van der Waals surface area contributed by atoms with Gasteiger partial charge in [-0.15, -0.1) is 0 Å². The van der Waals surface area contributed by atoms with Crippen molar-refractivity contribution in [3.8, 4) is 11.4 Å². The van der Waals surface area contributed by atoms with Gasteiger partial charge < -0.3 is 19.7 Å². The van der Waals surface area contributed by atoms with Crippen molar-refractivity contribution in [3.63, 3.8) is 0 Å². The molecule has 3 rings (SSSR count). The summed E-state index contributed by atoms with van der Waals surface area (Å²) in [5.41, 5.74) is 1.75. The first-order valence-electron chi connectivity index (χ1n) is 7.87. The van der Waals surface area contributed by atoms with E-state index in [2.05, 4.69) is 31.4 Å². The first-order valence-corrected chi connectivity index (χ1v) is 8.66. The van der Waals surface area contributed by atoms with E-state index in [-0.39, 0.29) is 19.1 Å². The lowest BCUT2D eigenvalue weighted by molar-refractivity contribution is 0.0431. The van der Waals surface area contributed by atoms with Crippen LogP contribution in [-0.4, -0.2) is 34.4 Å². The summed E-state index contributed by atoms with van der Waals surface area (Å²) in [5.74, 6) is 0.102. The molecular formula is C18H16BrN3O4. The molecule has 0 atom stereocenters. The number of rotatable bonds is 7. The zero-order valence-corrected chi connectivity index (χ0v) is 15.3. The number of nitrogens with zero attached hydrogens (tertiary/aromatic N) is 2. The minimum atomic E-state index is -0.520. The molecule has 0 aliphatic rings. The molecule has 0 saturated heterocycles. The topological polar surface area (TPSA) is 97.5 Å². The summed E-state index contributed by atoms with van der Waals surface area (Å²) in [6.45, 7) is 0.169. The minimum absolute atomic E-state index is 0.0380. The standard InChI is InChI=1S/C18H16BrN3O4/c19-13-5-3-4-12(10-13)17-21-16(26-22-17)11-25-18(24)14-6-1-2-7-15(14)20-8-9-23/h1-7,10,20,23H,8-9,11H2. The molecule has 26 heavy (non-hydrogen) atoms. The Morgan fingerprint density at radius 3 is 2.88 bits per heavy atom. The maximum atomic E-state index is 12.3. The molecule has 8 heteroatoms. The first kappa shape index (κ1) is 18.1. The van der Waals surface area contributed by atoms with E-state index in [9.17, 15) is 4.79 Å². The lowest BCUT2D eigenvalue weighted by Gasteiger charge is -2.09. The zero-order valence-electron chi connectivity index (χ0n) is 13.7. The number of benzene rings is 2.